The maximum absolute atomic E-state index is 5.99. The van der Waals surface area contributed by atoms with Crippen LogP contribution in [0.3, 0.4) is 0 Å². The van der Waals surface area contributed by atoms with Crippen molar-refractivity contribution >= 4 is 11.6 Å². The summed E-state index contributed by atoms with van der Waals surface area (Å²) in [7, 11) is 0. The molecule has 0 aliphatic heterocycles. The first-order valence-electron chi connectivity index (χ1n) is 9.33. The van der Waals surface area contributed by atoms with Gasteiger partial charge in [0.2, 0.25) is 0 Å². The molecule has 0 atom stereocenters. The topological polar surface area (TPSA) is 62.9 Å². The maximum atomic E-state index is 5.99. The lowest BCUT2D eigenvalue weighted by atomic mass is 10.3. The third-order valence-electron chi connectivity index (χ3n) is 4.14. The number of nitrogens with two attached hydrogens (primary N) is 1. The molecule has 0 fully saturated rings. The average molecular weight is 354 g/mol. The maximum Gasteiger partial charge on any atom is 0.193 e. The molecule has 0 spiro atoms. The second kappa shape index (κ2) is 11.2. The molecule has 0 heterocycles. The van der Waals surface area contributed by atoms with Crippen LogP contribution in [0.25, 0.3) is 0 Å². The van der Waals surface area contributed by atoms with E-state index in [1.54, 1.807) is 0 Å². The van der Waals surface area contributed by atoms with E-state index in [4.69, 9.17) is 10.5 Å². The quantitative estimate of drug-likeness (QED) is 0.379. The SMILES string of the molecule is CCN(CC)CCCCN=C(N)Nc1cccc(Oc2ccccc2)c1. The monoisotopic (exact) mass is 354 g/mol. The first-order valence-corrected chi connectivity index (χ1v) is 9.33. The number of anilines is 1. The smallest absolute Gasteiger partial charge is 0.193 e. The number of rotatable bonds is 10. The molecule has 140 valence electrons. The van der Waals surface area contributed by atoms with Crippen LogP contribution in [0.2, 0.25) is 0 Å². The van der Waals surface area contributed by atoms with Crippen molar-refractivity contribution in [1.82, 2.24) is 4.90 Å². The van der Waals surface area contributed by atoms with Crippen LogP contribution in [0.1, 0.15) is 26.7 Å². The van der Waals surface area contributed by atoms with Gasteiger partial charge in [-0.2, -0.15) is 0 Å². The van der Waals surface area contributed by atoms with E-state index < -0.39 is 0 Å². The van der Waals surface area contributed by atoms with E-state index in [0.29, 0.717) is 5.96 Å². The molecular weight excluding hydrogens is 324 g/mol. The van der Waals surface area contributed by atoms with Gasteiger partial charge in [0, 0.05) is 18.3 Å². The Morgan fingerprint density at radius 2 is 1.73 bits per heavy atom. The number of hydrogen-bond donors (Lipinski definition) is 2. The minimum atomic E-state index is 0.435. The molecular formula is C21H30N4O. The van der Waals surface area contributed by atoms with Gasteiger partial charge in [-0.3, -0.25) is 4.99 Å². The molecule has 0 aliphatic rings. The molecule has 0 saturated heterocycles. The molecule has 0 unspecified atom stereocenters. The number of ether oxygens (including phenoxy) is 1. The zero-order chi connectivity index (χ0) is 18.6. The summed E-state index contributed by atoms with van der Waals surface area (Å²) < 4.78 is 5.83. The Morgan fingerprint density at radius 1 is 1.00 bits per heavy atom. The minimum Gasteiger partial charge on any atom is -0.457 e. The number of unbranched alkanes of at least 4 members (excludes halogenated alkanes) is 1. The van der Waals surface area contributed by atoms with Crippen molar-refractivity contribution in [3.8, 4) is 11.5 Å². The van der Waals surface area contributed by atoms with Crippen LogP contribution in [-0.2, 0) is 0 Å². The summed E-state index contributed by atoms with van der Waals surface area (Å²) >= 11 is 0. The number of benzene rings is 2. The predicted molar refractivity (Wildman–Crippen MR) is 110 cm³/mol. The summed E-state index contributed by atoms with van der Waals surface area (Å²) in [5, 5.41) is 3.13. The summed E-state index contributed by atoms with van der Waals surface area (Å²) in [5.74, 6) is 2.00. The van der Waals surface area contributed by atoms with E-state index in [1.165, 1.54) is 0 Å². The van der Waals surface area contributed by atoms with Gasteiger partial charge in [0.15, 0.2) is 5.96 Å². The van der Waals surface area contributed by atoms with E-state index >= 15 is 0 Å². The molecule has 0 aromatic heterocycles. The van der Waals surface area contributed by atoms with Gasteiger partial charge >= 0.3 is 0 Å². The van der Waals surface area contributed by atoms with Gasteiger partial charge in [-0.1, -0.05) is 38.1 Å². The highest BCUT2D eigenvalue weighted by atomic mass is 16.5. The number of nitrogens with one attached hydrogen (secondary N) is 1. The highest BCUT2D eigenvalue weighted by Crippen LogP contribution is 2.23. The minimum absolute atomic E-state index is 0.435. The Kier molecular flexibility index (Phi) is 8.49. The fourth-order valence-electron chi connectivity index (χ4n) is 2.64. The number of nitrogens with zero attached hydrogens (tertiary/aromatic N) is 2. The van der Waals surface area contributed by atoms with Crippen molar-refractivity contribution in [2.75, 3.05) is 31.5 Å². The lowest BCUT2D eigenvalue weighted by molar-refractivity contribution is 0.298. The summed E-state index contributed by atoms with van der Waals surface area (Å²) in [5.41, 5.74) is 6.85. The van der Waals surface area contributed by atoms with Crippen LogP contribution in [0.5, 0.6) is 11.5 Å². The second-order valence-corrected chi connectivity index (χ2v) is 6.07. The zero-order valence-electron chi connectivity index (χ0n) is 15.8. The highest BCUT2D eigenvalue weighted by Gasteiger charge is 2.01. The largest absolute Gasteiger partial charge is 0.457 e. The number of hydrogen-bond acceptors (Lipinski definition) is 3. The number of para-hydroxylation sites is 1. The molecule has 2 aromatic rings. The van der Waals surface area contributed by atoms with E-state index in [-0.39, 0.29) is 0 Å². The van der Waals surface area contributed by atoms with Crippen molar-refractivity contribution in [3.05, 3.63) is 54.6 Å². The summed E-state index contributed by atoms with van der Waals surface area (Å²) in [6, 6.07) is 17.4. The number of aliphatic imine (C=N–C) groups is 1. The molecule has 0 saturated carbocycles. The van der Waals surface area contributed by atoms with E-state index in [2.05, 4.69) is 29.1 Å². The Bertz CT molecular complexity index is 669. The Morgan fingerprint density at radius 3 is 2.46 bits per heavy atom. The van der Waals surface area contributed by atoms with Crippen LogP contribution in [0, 0.1) is 0 Å². The van der Waals surface area contributed by atoms with Gasteiger partial charge in [0.25, 0.3) is 0 Å². The van der Waals surface area contributed by atoms with Crippen molar-refractivity contribution in [1.29, 1.82) is 0 Å². The van der Waals surface area contributed by atoms with Crippen LogP contribution in [0.4, 0.5) is 5.69 Å². The predicted octanol–water partition coefficient (Wildman–Crippen LogP) is 4.33. The molecule has 5 nitrogen and oxygen atoms in total. The summed E-state index contributed by atoms with van der Waals surface area (Å²) in [6.07, 6.45) is 2.18. The fraction of sp³-hybridized carbons (Fsp3) is 0.381. The molecule has 0 radical (unpaired) electrons. The van der Waals surface area contributed by atoms with Gasteiger partial charge < -0.3 is 20.7 Å². The van der Waals surface area contributed by atoms with Crippen LogP contribution in [-0.4, -0.2) is 37.0 Å². The molecule has 0 amide bonds. The molecule has 26 heavy (non-hydrogen) atoms. The Labute approximate surface area is 156 Å². The average Bonchev–Trinajstić information content (AvgIpc) is 2.66. The second-order valence-electron chi connectivity index (χ2n) is 6.07. The van der Waals surface area contributed by atoms with Gasteiger partial charge in [-0.15, -0.1) is 0 Å². The van der Waals surface area contributed by atoms with E-state index in [0.717, 1.165) is 56.2 Å². The van der Waals surface area contributed by atoms with Crippen molar-refractivity contribution in [2.45, 2.75) is 26.7 Å². The third-order valence-corrected chi connectivity index (χ3v) is 4.14. The Balaban J connectivity index is 1.79. The molecule has 0 aliphatic carbocycles. The normalized spacial score (nSPS) is 11.6. The summed E-state index contributed by atoms with van der Waals surface area (Å²) in [4.78, 5) is 6.83. The van der Waals surface area contributed by atoms with Gasteiger partial charge in [0.05, 0.1) is 0 Å². The van der Waals surface area contributed by atoms with Crippen LogP contribution in [0.15, 0.2) is 59.6 Å². The van der Waals surface area contributed by atoms with Crippen molar-refractivity contribution < 1.29 is 4.74 Å². The van der Waals surface area contributed by atoms with Gasteiger partial charge in [-0.25, -0.2) is 0 Å². The molecule has 0 bridgehead atoms. The summed E-state index contributed by atoms with van der Waals surface area (Å²) in [6.45, 7) is 8.45. The van der Waals surface area contributed by atoms with Crippen molar-refractivity contribution in [2.24, 2.45) is 10.7 Å². The number of guanidine groups is 1. The van der Waals surface area contributed by atoms with E-state index in [9.17, 15) is 0 Å². The Hall–Kier alpha value is -2.53. The molecule has 2 aromatic carbocycles. The highest BCUT2D eigenvalue weighted by molar-refractivity contribution is 5.92. The van der Waals surface area contributed by atoms with Crippen LogP contribution < -0.4 is 15.8 Å². The molecule has 3 N–H and O–H groups in total. The first kappa shape index (κ1) is 19.8. The molecule has 5 heteroatoms. The van der Waals surface area contributed by atoms with Gasteiger partial charge in [0.1, 0.15) is 11.5 Å². The molecule has 2 rings (SSSR count). The van der Waals surface area contributed by atoms with Crippen LogP contribution >= 0.6 is 0 Å². The van der Waals surface area contributed by atoms with Gasteiger partial charge in [-0.05, 0) is 56.7 Å². The van der Waals surface area contributed by atoms with E-state index in [1.807, 2.05) is 54.6 Å². The third kappa shape index (κ3) is 7.15. The van der Waals surface area contributed by atoms with Crippen molar-refractivity contribution in [3.63, 3.8) is 0 Å². The first-order chi connectivity index (χ1) is 12.7. The zero-order valence-corrected chi connectivity index (χ0v) is 15.8. The standard InChI is InChI=1S/C21H30N4O/c1-3-25(4-2)16-9-8-15-23-21(22)24-18-11-10-14-20(17-18)26-19-12-6-5-7-13-19/h5-7,10-14,17H,3-4,8-9,15-16H2,1-2H3,(H3,22,23,24). The lowest BCUT2D eigenvalue weighted by Crippen LogP contribution is -2.24. The lowest BCUT2D eigenvalue weighted by Gasteiger charge is -2.17. The fourth-order valence-corrected chi connectivity index (χ4v) is 2.64.